The first-order valence-corrected chi connectivity index (χ1v) is 7.35. The highest BCUT2D eigenvalue weighted by atomic mass is 19.4. The van der Waals surface area contributed by atoms with Gasteiger partial charge < -0.3 is 0 Å². The molecule has 2 aromatic carbocycles. The normalized spacial score (nSPS) is 11.3. The van der Waals surface area contributed by atoms with Crippen molar-refractivity contribution in [2.24, 2.45) is 0 Å². The lowest BCUT2D eigenvalue weighted by Crippen LogP contribution is -2.09. The standard InChI is InChI=1S/C20H14F3N/c1-2-14-8-10-16(11-9-14)19-17(20(21,22)23)12-13-18(24-19)15-6-4-3-5-7-15/h2-13H,1H2. The van der Waals surface area contributed by atoms with Crippen molar-refractivity contribution in [1.29, 1.82) is 0 Å². The van der Waals surface area contributed by atoms with Crippen LogP contribution in [0.5, 0.6) is 0 Å². The Kier molecular flexibility index (Phi) is 4.21. The van der Waals surface area contributed by atoms with Gasteiger partial charge in [-0.2, -0.15) is 13.2 Å². The van der Waals surface area contributed by atoms with Crippen LogP contribution in [0.3, 0.4) is 0 Å². The van der Waals surface area contributed by atoms with E-state index >= 15 is 0 Å². The van der Waals surface area contributed by atoms with Gasteiger partial charge in [-0.1, -0.05) is 67.3 Å². The van der Waals surface area contributed by atoms with Crippen molar-refractivity contribution in [3.8, 4) is 22.5 Å². The molecule has 1 nitrogen and oxygen atoms in total. The van der Waals surface area contributed by atoms with Crippen molar-refractivity contribution in [2.75, 3.05) is 0 Å². The van der Waals surface area contributed by atoms with Crippen LogP contribution in [0.15, 0.2) is 73.3 Å². The monoisotopic (exact) mass is 325 g/mol. The van der Waals surface area contributed by atoms with Crippen LogP contribution in [-0.4, -0.2) is 4.98 Å². The molecule has 0 unspecified atom stereocenters. The van der Waals surface area contributed by atoms with Gasteiger partial charge in [0.1, 0.15) is 0 Å². The van der Waals surface area contributed by atoms with Gasteiger partial charge in [0.2, 0.25) is 0 Å². The molecular formula is C20H14F3N. The van der Waals surface area contributed by atoms with E-state index in [4.69, 9.17) is 0 Å². The third-order valence-corrected chi connectivity index (χ3v) is 3.69. The molecule has 3 aromatic rings. The molecular weight excluding hydrogens is 311 g/mol. The van der Waals surface area contributed by atoms with E-state index in [1.807, 2.05) is 30.3 Å². The summed E-state index contributed by atoms with van der Waals surface area (Å²) in [5.41, 5.74) is 1.73. The molecule has 0 saturated carbocycles. The molecule has 4 heteroatoms. The summed E-state index contributed by atoms with van der Waals surface area (Å²) in [5.74, 6) is 0. The second-order valence-corrected chi connectivity index (χ2v) is 5.28. The van der Waals surface area contributed by atoms with Crippen LogP contribution in [0.1, 0.15) is 11.1 Å². The molecule has 1 heterocycles. The van der Waals surface area contributed by atoms with Crippen LogP contribution < -0.4 is 0 Å². The molecule has 24 heavy (non-hydrogen) atoms. The van der Waals surface area contributed by atoms with Gasteiger partial charge in [-0.05, 0) is 17.7 Å². The Balaban J connectivity index is 2.17. The lowest BCUT2D eigenvalue weighted by Gasteiger charge is -2.14. The molecule has 120 valence electrons. The molecule has 0 fully saturated rings. The van der Waals surface area contributed by atoms with Crippen LogP contribution in [-0.2, 0) is 6.18 Å². The first-order valence-electron chi connectivity index (χ1n) is 7.35. The maximum absolute atomic E-state index is 13.4. The quantitative estimate of drug-likeness (QED) is 0.569. The molecule has 0 radical (unpaired) electrons. The third kappa shape index (κ3) is 3.23. The van der Waals surface area contributed by atoms with Crippen LogP contribution in [0.25, 0.3) is 28.6 Å². The fourth-order valence-electron chi connectivity index (χ4n) is 2.45. The molecule has 0 saturated heterocycles. The lowest BCUT2D eigenvalue weighted by molar-refractivity contribution is -0.137. The van der Waals surface area contributed by atoms with E-state index in [1.54, 1.807) is 30.3 Å². The molecule has 0 bridgehead atoms. The fraction of sp³-hybridized carbons (Fsp3) is 0.0500. The summed E-state index contributed by atoms with van der Waals surface area (Å²) in [4.78, 5) is 4.29. The molecule has 0 aliphatic carbocycles. The molecule has 0 aliphatic rings. The minimum Gasteiger partial charge on any atom is -0.247 e. The van der Waals surface area contributed by atoms with Crippen molar-refractivity contribution >= 4 is 6.08 Å². The Bertz CT molecular complexity index is 850. The highest BCUT2D eigenvalue weighted by Gasteiger charge is 2.34. The van der Waals surface area contributed by atoms with Crippen molar-refractivity contribution in [3.05, 3.63) is 84.4 Å². The molecule has 0 atom stereocenters. The van der Waals surface area contributed by atoms with Gasteiger partial charge in [0.15, 0.2) is 0 Å². The maximum Gasteiger partial charge on any atom is 0.418 e. The number of aromatic nitrogens is 1. The topological polar surface area (TPSA) is 12.9 Å². The van der Waals surface area contributed by atoms with Crippen molar-refractivity contribution in [1.82, 2.24) is 4.98 Å². The van der Waals surface area contributed by atoms with E-state index in [0.29, 0.717) is 11.3 Å². The SMILES string of the molecule is C=Cc1ccc(-c2nc(-c3ccccc3)ccc2C(F)(F)F)cc1. The van der Waals surface area contributed by atoms with Crippen molar-refractivity contribution < 1.29 is 13.2 Å². The zero-order valence-electron chi connectivity index (χ0n) is 12.7. The average Bonchev–Trinajstić information content (AvgIpc) is 2.61. The minimum atomic E-state index is -4.46. The summed E-state index contributed by atoms with van der Waals surface area (Å²) in [5, 5.41) is 0. The Hall–Kier alpha value is -2.88. The first-order chi connectivity index (χ1) is 11.5. The minimum absolute atomic E-state index is 0.0699. The summed E-state index contributed by atoms with van der Waals surface area (Å²) in [6.07, 6.45) is -2.82. The van der Waals surface area contributed by atoms with Gasteiger partial charge in [0.25, 0.3) is 0 Å². The van der Waals surface area contributed by atoms with Crippen molar-refractivity contribution in [2.45, 2.75) is 6.18 Å². The predicted octanol–water partition coefficient (Wildman–Crippen LogP) is 6.08. The summed E-state index contributed by atoms with van der Waals surface area (Å²) in [6, 6.07) is 18.3. The van der Waals surface area contributed by atoms with Crippen LogP contribution in [0, 0.1) is 0 Å². The number of nitrogens with zero attached hydrogens (tertiary/aromatic N) is 1. The highest BCUT2D eigenvalue weighted by molar-refractivity contribution is 5.70. The number of pyridine rings is 1. The van der Waals surface area contributed by atoms with Crippen LogP contribution >= 0.6 is 0 Å². The van der Waals surface area contributed by atoms with E-state index < -0.39 is 11.7 Å². The van der Waals surface area contributed by atoms with Crippen LogP contribution in [0.4, 0.5) is 13.2 Å². The molecule has 1 aromatic heterocycles. The van der Waals surface area contributed by atoms with E-state index in [1.165, 1.54) is 6.07 Å². The highest BCUT2D eigenvalue weighted by Crippen LogP contribution is 2.37. The molecule has 3 rings (SSSR count). The van der Waals surface area contributed by atoms with Gasteiger partial charge in [0.05, 0.1) is 17.0 Å². The zero-order chi connectivity index (χ0) is 17.2. The summed E-state index contributed by atoms with van der Waals surface area (Å²) >= 11 is 0. The summed E-state index contributed by atoms with van der Waals surface area (Å²) in [7, 11) is 0. The molecule has 0 spiro atoms. The van der Waals surface area contributed by atoms with E-state index in [0.717, 1.165) is 17.2 Å². The smallest absolute Gasteiger partial charge is 0.247 e. The number of rotatable bonds is 3. The Labute approximate surface area is 138 Å². The predicted molar refractivity (Wildman–Crippen MR) is 90.2 cm³/mol. The largest absolute Gasteiger partial charge is 0.418 e. The average molecular weight is 325 g/mol. The Morgan fingerprint density at radius 1 is 0.792 bits per heavy atom. The maximum atomic E-state index is 13.4. The second kappa shape index (κ2) is 6.32. The molecule has 0 N–H and O–H groups in total. The van der Waals surface area contributed by atoms with Gasteiger partial charge in [-0.25, -0.2) is 4.98 Å². The summed E-state index contributed by atoms with van der Waals surface area (Å²) < 4.78 is 40.1. The molecule has 0 amide bonds. The third-order valence-electron chi connectivity index (χ3n) is 3.69. The number of hydrogen-bond acceptors (Lipinski definition) is 1. The van der Waals surface area contributed by atoms with Gasteiger partial charge >= 0.3 is 6.18 Å². The van der Waals surface area contributed by atoms with Gasteiger partial charge in [0, 0.05) is 11.1 Å². The van der Waals surface area contributed by atoms with Crippen molar-refractivity contribution in [3.63, 3.8) is 0 Å². The Morgan fingerprint density at radius 3 is 2.04 bits per heavy atom. The van der Waals surface area contributed by atoms with Gasteiger partial charge in [-0.15, -0.1) is 0 Å². The first kappa shape index (κ1) is 16.0. The fourth-order valence-corrected chi connectivity index (χ4v) is 2.45. The zero-order valence-corrected chi connectivity index (χ0v) is 12.7. The van der Waals surface area contributed by atoms with Gasteiger partial charge in [-0.3, -0.25) is 0 Å². The number of hydrogen-bond donors (Lipinski definition) is 0. The Morgan fingerprint density at radius 2 is 1.46 bits per heavy atom. The second-order valence-electron chi connectivity index (χ2n) is 5.28. The molecule has 0 aliphatic heterocycles. The number of halogens is 3. The van der Waals surface area contributed by atoms with E-state index in [-0.39, 0.29) is 5.69 Å². The number of benzene rings is 2. The number of alkyl halides is 3. The van der Waals surface area contributed by atoms with E-state index in [2.05, 4.69) is 11.6 Å². The van der Waals surface area contributed by atoms with Crippen LogP contribution in [0.2, 0.25) is 0 Å². The lowest BCUT2D eigenvalue weighted by atomic mass is 10.0. The van der Waals surface area contributed by atoms with E-state index in [9.17, 15) is 13.2 Å². The summed E-state index contributed by atoms with van der Waals surface area (Å²) in [6.45, 7) is 3.65.